The first-order chi connectivity index (χ1) is 14.7. The van der Waals surface area contributed by atoms with Crippen molar-refractivity contribution in [3.05, 3.63) is 86.2 Å². The van der Waals surface area contributed by atoms with Crippen LogP contribution in [0, 0.1) is 16.0 Å². The molecule has 31 heavy (non-hydrogen) atoms. The van der Waals surface area contributed by atoms with E-state index in [2.05, 4.69) is 5.32 Å². The standard InChI is InChI=1S/C23H20N2O6/c1-3-12-4-6-13(7-5-12)24-14-8-9-15(26)18-17(14)22(28)20-19(23(18)29)16(27)10-11(2)21(20)25(30)31/h4-11,21,24,26-27H,3H2,1-2H3. The Hall–Kier alpha value is -3.94. The van der Waals surface area contributed by atoms with Gasteiger partial charge in [0.15, 0.2) is 5.78 Å². The second kappa shape index (κ2) is 7.39. The largest absolute Gasteiger partial charge is 0.507 e. The summed E-state index contributed by atoms with van der Waals surface area (Å²) in [5.74, 6) is -3.29. The molecular formula is C23H20N2O6. The molecule has 0 spiro atoms. The van der Waals surface area contributed by atoms with Crippen LogP contribution in [-0.4, -0.2) is 32.7 Å². The summed E-state index contributed by atoms with van der Waals surface area (Å²) >= 11 is 0. The Morgan fingerprint density at radius 2 is 1.71 bits per heavy atom. The summed E-state index contributed by atoms with van der Waals surface area (Å²) in [6.45, 7) is 3.52. The Morgan fingerprint density at radius 3 is 2.32 bits per heavy atom. The first-order valence-corrected chi connectivity index (χ1v) is 9.84. The molecule has 0 fully saturated rings. The third-order valence-electron chi connectivity index (χ3n) is 5.72. The zero-order chi connectivity index (χ0) is 22.4. The molecule has 2 aliphatic rings. The molecular weight excluding hydrogens is 400 g/mol. The van der Waals surface area contributed by atoms with Crippen molar-refractivity contribution >= 4 is 22.9 Å². The summed E-state index contributed by atoms with van der Waals surface area (Å²) in [6, 6.07) is 8.70. The van der Waals surface area contributed by atoms with Gasteiger partial charge in [0.1, 0.15) is 11.5 Å². The highest BCUT2D eigenvalue weighted by Crippen LogP contribution is 2.43. The first-order valence-electron chi connectivity index (χ1n) is 9.84. The van der Waals surface area contributed by atoms with Crippen molar-refractivity contribution in [1.82, 2.24) is 0 Å². The molecule has 0 radical (unpaired) electrons. The maximum absolute atomic E-state index is 13.5. The Balaban J connectivity index is 1.88. The van der Waals surface area contributed by atoms with E-state index in [4.69, 9.17) is 0 Å². The van der Waals surface area contributed by atoms with E-state index in [0.29, 0.717) is 5.69 Å². The molecule has 0 saturated carbocycles. The highest BCUT2D eigenvalue weighted by Gasteiger charge is 2.48. The Kier molecular flexibility index (Phi) is 4.85. The smallest absolute Gasteiger partial charge is 0.248 e. The predicted molar refractivity (Wildman–Crippen MR) is 114 cm³/mol. The van der Waals surface area contributed by atoms with E-state index in [9.17, 15) is 29.9 Å². The number of fused-ring (bicyclic) bond motifs is 1. The van der Waals surface area contributed by atoms with Crippen molar-refractivity contribution < 1.29 is 24.7 Å². The van der Waals surface area contributed by atoms with Gasteiger partial charge in [0.2, 0.25) is 11.8 Å². The normalized spacial score (nSPS) is 20.1. The van der Waals surface area contributed by atoms with Gasteiger partial charge in [-0.1, -0.05) is 26.0 Å². The number of phenols is 1. The Morgan fingerprint density at radius 1 is 1.03 bits per heavy atom. The van der Waals surface area contributed by atoms with Crippen LogP contribution in [0.3, 0.4) is 0 Å². The van der Waals surface area contributed by atoms with Crippen LogP contribution < -0.4 is 5.32 Å². The van der Waals surface area contributed by atoms with Gasteiger partial charge < -0.3 is 15.5 Å². The third kappa shape index (κ3) is 3.16. The number of aryl methyl sites for hydroxylation is 1. The van der Waals surface area contributed by atoms with Gasteiger partial charge in [0, 0.05) is 10.6 Å². The average Bonchev–Trinajstić information content (AvgIpc) is 2.72. The van der Waals surface area contributed by atoms with E-state index in [1.165, 1.54) is 25.1 Å². The lowest BCUT2D eigenvalue weighted by atomic mass is 9.73. The molecule has 2 aromatic rings. The van der Waals surface area contributed by atoms with E-state index in [-0.39, 0.29) is 22.4 Å². The molecule has 2 atom stereocenters. The average molecular weight is 420 g/mol. The summed E-state index contributed by atoms with van der Waals surface area (Å²) < 4.78 is 0. The number of hydrogen-bond donors (Lipinski definition) is 3. The van der Waals surface area contributed by atoms with Crippen molar-refractivity contribution in [1.29, 1.82) is 0 Å². The molecule has 8 heteroatoms. The number of hydrogen-bond acceptors (Lipinski definition) is 7. The molecule has 2 aromatic carbocycles. The molecule has 2 aliphatic carbocycles. The highest BCUT2D eigenvalue weighted by molar-refractivity contribution is 6.31. The number of phenolic OH excluding ortho intramolecular Hbond substituents is 1. The topological polar surface area (TPSA) is 130 Å². The summed E-state index contributed by atoms with van der Waals surface area (Å²) in [7, 11) is 0. The fraction of sp³-hybridized carbons (Fsp3) is 0.217. The quantitative estimate of drug-likeness (QED) is 0.385. The van der Waals surface area contributed by atoms with Gasteiger partial charge >= 0.3 is 0 Å². The number of aromatic hydroxyl groups is 1. The van der Waals surface area contributed by atoms with Crippen molar-refractivity contribution in [2.24, 2.45) is 5.92 Å². The van der Waals surface area contributed by atoms with Crippen molar-refractivity contribution in [3.63, 3.8) is 0 Å². The van der Waals surface area contributed by atoms with E-state index >= 15 is 0 Å². The number of benzene rings is 2. The monoisotopic (exact) mass is 420 g/mol. The number of carbonyl (C=O) groups is 2. The molecule has 4 rings (SSSR count). The van der Waals surface area contributed by atoms with Crippen LogP contribution in [0.2, 0.25) is 0 Å². The summed E-state index contributed by atoms with van der Waals surface area (Å²) in [5, 5.41) is 35.5. The second-order valence-electron chi connectivity index (χ2n) is 7.65. The fourth-order valence-electron chi connectivity index (χ4n) is 4.16. The minimum atomic E-state index is -1.48. The minimum Gasteiger partial charge on any atom is -0.507 e. The number of aliphatic hydroxyl groups is 1. The summed E-state index contributed by atoms with van der Waals surface area (Å²) in [6.07, 6.45) is 2.05. The van der Waals surface area contributed by atoms with Crippen molar-refractivity contribution in [2.45, 2.75) is 26.3 Å². The molecule has 0 aromatic heterocycles. The minimum absolute atomic E-state index is 0.142. The van der Waals surface area contributed by atoms with Gasteiger partial charge in [0.05, 0.1) is 33.9 Å². The zero-order valence-corrected chi connectivity index (χ0v) is 16.9. The fourth-order valence-corrected chi connectivity index (χ4v) is 4.16. The van der Waals surface area contributed by atoms with Crippen LogP contribution >= 0.6 is 0 Å². The number of nitrogens with one attached hydrogen (secondary N) is 1. The number of allylic oxidation sites excluding steroid dienone is 1. The number of ketones is 2. The molecule has 0 saturated heterocycles. The van der Waals surface area contributed by atoms with E-state index in [0.717, 1.165) is 12.0 Å². The summed E-state index contributed by atoms with van der Waals surface area (Å²) in [4.78, 5) is 37.7. The van der Waals surface area contributed by atoms with Crippen LogP contribution in [0.1, 0.15) is 40.1 Å². The molecule has 0 aliphatic heterocycles. The SMILES string of the molecule is CCc1ccc(Nc2ccc(O)c3c2C(=O)C2=C(C3=O)C(O)=CC(C)C2[N+](=O)[O-])cc1. The van der Waals surface area contributed by atoms with Gasteiger partial charge in [-0.3, -0.25) is 19.7 Å². The first kappa shape index (κ1) is 20.3. The maximum Gasteiger partial charge on any atom is 0.248 e. The number of nitrogens with zero attached hydrogens (tertiary/aromatic N) is 1. The van der Waals surface area contributed by atoms with E-state index in [1.54, 1.807) is 0 Å². The number of carbonyl (C=O) groups excluding carboxylic acids is 2. The third-order valence-corrected chi connectivity index (χ3v) is 5.72. The van der Waals surface area contributed by atoms with Gasteiger partial charge in [-0.2, -0.15) is 0 Å². The molecule has 8 nitrogen and oxygen atoms in total. The summed E-state index contributed by atoms with van der Waals surface area (Å²) in [5.41, 5.74) is 0.808. The van der Waals surface area contributed by atoms with Crippen molar-refractivity contribution in [2.75, 3.05) is 5.32 Å². The lowest BCUT2D eigenvalue weighted by molar-refractivity contribution is -0.517. The number of nitro groups is 1. The number of aliphatic hydroxyl groups excluding tert-OH is 1. The van der Waals surface area contributed by atoms with Crippen LogP contribution in [0.5, 0.6) is 5.75 Å². The Bertz CT molecular complexity index is 1190. The molecule has 3 N–H and O–H groups in total. The van der Waals surface area contributed by atoms with E-state index in [1.807, 2.05) is 31.2 Å². The number of anilines is 2. The lowest BCUT2D eigenvalue weighted by Gasteiger charge is -2.29. The number of rotatable bonds is 4. The predicted octanol–water partition coefficient (Wildman–Crippen LogP) is 4.11. The maximum atomic E-state index is 13.5. The molecule has 0 bridgehead atoms. The highest BCUT2D eigenvalue weighted by atomic mass is 16.6. The lowest BCUT2D eigenvalue weighted by Crippen LogP contribution is -2.40. The van der Waals surface area contributed by atoms with Gasteiger partial charge in [-0.05, 0) is 42.3 Å². The van der Waals surface area contributed by atoms with Crippen molar-refractivity contribution in [3.8, 4) is 5.75 Å². The molecule has 158 valence electrons. The van der Waals surface area contributed by atoms with Crippen LogP contribution in [0.25, 0.3) is 0 Å². The van der Waals surface area contributed by atoms with Gasteiger partial charge in [-0.15, -0.1) is 0 Å². The molecule has 2 unspecified atom stereocenters. The van der Waals surface area contributed by atoms with Gasteiger partial charge in [-0.25, -0.2) is 0 Å². The Labute approximate surface area is 177 Å². The molecule has 0 amide bonds. The second-order valence-corrected chi connectivity index (χ2v) is 7.65. The van der Waals surface area contributed by atoms with Crippen LogP contribution in [-0.2, 0) is 6.42 Å². The molecule has 0 heterocycles. The van der Waals surface area contributed by atoms with E-state index < -0.39 is 45.5 Å². The van der Waals surface area contributed by atoms with Gasteiger partial charge in [0.25, 0.3) is 0 Å². The van der Waals surface area contributed by atoms with Crippen LogP contribution in [0.15, 0.2) is 59.4 Å². The number of Topliss-reactive ketones (excluding diaryl/α,β-unsaturated/α-hetero) is 2. The van der Waals surface area contributed by atoms with Crippen LogP contribution in [0.4, 0.5) is 11.4 Å². The zero-order valence-electron chi connectivity index (χ0n) is 16.9.